The lowest BCUT2D eigenvalue weighted by molar-refractivity contribution is -0.903. The monoisotopic (exact) mass is 473 g/mol. The molecule has 0 fully saturated rings. The van der Waals surface area contributed by atoms with E-state index in [0.29, 0.717) is 33.4 Å². The molecule has 2 aromatic heterocycles. The number of carbonyl (C=O) groups excluding carboxylic acids is 1. The normalized spacial score (nSPS) is 10.7. The second-order valence-electron chi connectivity index (χ2n) is 7.63. The minimum atomic E-state index is -0.788. The molecular formula is C25H24BN3O6+. The van der Waals surface area contributed by atoms with Crippen LogP contribution in [0.1, 0.15) is 10.4 Å². The number of fused-ring (bicyclic) bond motifs is 1. The summed E-state index contributed by atoms with van der Waals surface area (Å²) in [6, 6.07) is 15.1. The van der Waals surface area contributed by atoms with Gasteiger partial charge in [0.2, 0.25) is 12.4 Å². The van der Waals surface area contributed by atoms with Gasteiger partial charge in [0.15, 0.2) is 13.0 Å². The lowest BCUT2D eigenvalue weighted by Gasteiger charge is -2.15. The zero-order chi connectivity index (χ0) is 24.9. The van der Waals surface area contributed by atoms with Crippen molar-refractivity contribution in [3.05, 3.63) is 66.5 Å². The minimum Gasteiger partial charge on any atom is -0.494 e. The van der Waals surface area contributed by atoms with Gasteiger partial charge in [0.1, 0.15) is 23.6 Å². The summed E-state index contributed by atoms with van der Waals surface area (Å²) < 4.78 is 11.8. The Morgan fingerprint density at radius 2 is 1.69 bits per heavy atom. The van der Waals surface area contributed by atoms with Crippen LogP contribution in [0.25, 0.3) is 33.3 Å². The maximum Gasteiger partial charge on any atom is 0.279 e. The average molecular weight is 473 g/mol. The second kappa shape index (κ2) is 10.4. The molecule has 2 heterocycles. The summed E-state index contributed by atoms with van der Waals surface area (Å²) in [6.45, 7) is 1.98. The number of carbonyl (C=O) groups is 1. The van der Waals surface area contributed by atoms with Gasteiger partial charge in [0, 0.05) is 15.8 Å². The van der Waals surface area contributed by atoms with E-state index in [0.717, 1.165) is 15.9 Å². The van der Waals surface area contributed by atoms with Crippen LogP contribution in [0.2, 0.25) is 6.82 Å². The molecule has 0 spiro atoms. The Labute approximate surface area is 202 Å². The van der Waals surface area contributed by atoms with E-state index in [1.165, 1.54) is 19.5 Å². The molecule has 0 saturated carbocycles. The molecule has 9 nitrogen and oxygen atoms in total. The number of pyridine rings is 2. The molecule has 4 aromatic rings. The molecule has 0 aliphatic carbocycles. The van der Waals surface area contributed by atoms with E-state index in [1.54, 1.807) is 19.6 Å². The number of rotatable bonds is 8. The number of aliphatic hydroxyl groups is 1. The van der Waals surface area contributed by atoms with Gasteiger partial charge in [-0.3, -0.25) is 15.2 Å². The lowest BCUT2D eigenvalue weighted by atomic mass is 9.73. The third-order valence-electron chi connectivity index (χ3n) is 5.55. The molecule has 0 bridgehead atoms. The standard InChI is InChI=1S/C25H23BN3O6/c1-26-20-14-29(33)13-19-21(25(31)28-32)24(34-2)22(27-23(19)20)17-5-3-15(4-6-17)16-7-9-18(10-8-16)35-12-11-30/h3-10,13-14,30H,11-12H2,1-2H3,(H2-,27,28,31,32,33)/p+1. The van der Waals surface area contributed by atoms with Crippen LogP contribution in [-0.2, 0) is 0 Å². The molecule has 1 amide bonds. The van der Waals surface area contributed by atoms with E-state index in [4.69, 9.17) is 19.6 Å². The van der Waals surface area contributed by atoms with Crippen molar-refractivity contribution < 1.29 is 34.5 Å². The third kappa shape index (κ3) is 4.75. The van der Waals surface area contributed by atoms with Crippen molar-refractivity contribution in [2.24, 2.45) is 0 Å². The summed E-state index contributed by atoms with van der Waals surface area (Å²) in [5, 5.41) is 28.7. The number of methoxy groups -OCH3 is 1. The zero-order valence-corrected chi connectivity index (χ0v) is 19.2. The van der Waals surface area contributed by atoms with Crippen molar-refractivity contribution in [3.8, 4) is 33.9 Å². The summed E-state index contributed by atoms with van der Waals surface area (Å²) in [5.74, 6) is 0.0475. The number of nitrogens with one attached hydrogen (secondary N) is 1. The van der Waals surface area contributed by atoms with E-state index in [1.807, 2.05) is 48.5 Å². The fourth-order valence-electron chi connectivity index (χ4n) is 3.92. The zero-order valence-electron chi connectivity index (χ0n) is 19.2. The van der Waals surface area contributed by atoms with E-state index < -0.39 is 5.91 Å². The number of nitrogens with zero attached hydrogens (tertiary/aromatic N) is 2. The Balaban J connectivity index is 1.82. The van der Waals surface area contributed by atoms with E-state index in [2.05, 4.69) is 0 Å². The van der Waals surface area contributed by atoms with Crippen molar-refractivity contribution in [2.45, 2.75) is 6.82 Å². The molecule has 1 radical (unpaired) electrons. The van der Waals surface area contributed by atoms with Gasteiger partial charge in [0.05, 0.1) is 24.6 Å². The molecule has 4 N–H and O–H groups in total. The highest BCUT2D eigenvalue weighted by Gasteiger charge is 2.26. The van der Waals surface area contributed by atoms with Crippen molar-refractivity contribution in [1.82, 2.24) is 10.5 Å². The number of aromatic nitrogens is 2. The van der Waals surface area contributed by atoms with Crippen LogP contribution in [-0.4, -0.2) is 54.0 Å². The molecule has 2 aromatic carbocycles. The first-order valence-corrected chi connectivity index (χ1v) is 10.8. The van der Waals surface area contributed by atoms with Gasteiger partial charge < -0.3 is 14.6 Å². The highest BCUT2D eigenvalue weighted by Crippen LogP contribution is 2.36. The number of amides is 1. The fraction of sp³-hybridized carbons (Fsp3) is 0.160. The highest BCUT2D eigenvalue weighted by molar-refractivity contribution is 6.55. The number of hydroxylamine groups is 1. The van der Waals surface area contributed by atoms with Crippen LogP contribution in [0.3, 0.4) is 0 Å². The van der Waals surface area contributed by atoms with Gasteiger partial charge in [-0.25, -0.2) is 10.5 Å². The molecule has 0 saturated heterocycles. The first-order valence-electron chi connectivity index (χ1n) is 10.8. The van der Waals surface area contributed by atoms with Crippen LogP contribution >= 0.6 is 0 Å². The summed E-state index contributed by atoms with van der Waals surface area (Å²) >= 11 is 0. The molecule has 0 unspecified atom stereocenters. The lowest BCUT2D eigenvalue weighted by Crippen LogP contribution is -2.36. The number of hydrogen-bond donors (Lipinski definition) is 4. The second-order valence-corrected chi connectivity index (χ2v) is 7.63. The number of aliphatic hydroxyl groups excluding tert-OH is 1. The van der Waals surface area contributed by atoms with Crippen molar-refractivity contribution in [1.29, 1.82) is 0 Å². The molecule has 35 heavy (non-hydrogen) atoms. The molecule has 177 valence electrons. The largest absolute Gasteiger partial charge is 0.494 e. The molecule has 0 atom stereocenters. The molecular weight excluding hydrogens is 449 g/mol. The Morgan fingerprint density at radius 1 is 1.06 bits per heavy atom. The number of hydrogen-bond acceptors (Lipinski definition) is 7. The maximum atomic E-state index is 12.6. The van der Waals surface area contributed by atoms with Gasteiger partial charge in [-0.05, 0) is 23.3 Å². The van der Waals surface area contributed by atoms with Crippen LogP contribution < -0.4 is 25.1 Å². The Hall–Kier alpha value is -4.15. The SMILES string of the molecule is C[B]c1c[n+](O)cc2c(C(=O)NO)c(OC)c(-c3ccc(-c4ccc(OCCO)cc4)cc3)nc12. The van der Waals surface area contributed by atoms with Gasteiger partial charge in [-0.1, -0.05) is 43.2 Å². The van der Waals surface area contributed by atoms with Gasteiger partial charge >= 0.3 is 0 Å². The Morgan fingerprint density at radius 3 is 2.26 bits per heavy atom. The highest BCUT2D eigenvalue weighted by atomic mass is 16.5. The summed E-state index contributed by atoms with van der Waals surface area (Å²) in [6.07, 6.45) is 2.81. The van der Waals surface area contributed by atoms with Crippen molar-refractivity contribution in [2.75, 3.05) is 20.3 Å². The molecule has 0 aliphatic rings. The van der Waals surface area contributed by atoms with E-state index in [-0.39, 0.29) is 24.5 Å². The third-order valence-corrected chi connectivity index (χ3v) is 5.55. The summed E-state index contributed by atoms with van der Waals surface area (Å²) in [5.41, 5.74) is 5.82. The number of ether oxygens (including phenoxy) is 2. The van der Waals surface area contributed by atoms with E-state index in [9.17, 15) is 15.2 Å². The quantitative estimate of drug-likeness (QED) is 0.101. The Kier molecular flexibility index (Phi) is 7.14. The van der Waals surface area contributed by atoms with E-state index >= 15 is 0 Å². The first-order chi connectivity index (χ1) is 17.0. The van der Waals surface area contributed by atoms with Gasteiger partial charge in [-0.15, -0.1) is 0 Å². The van der Waals surface area contributed by atoms with Crippen LogP contribution in [0.5, 0.6) is 11.5 Å². The van der Waals surface area contributed by atoms with Crippen molar-refractivity contribution in [3.63, 3.8) is 0 Å². The molecule has 0 aliphatic heterocycles. The summed E-state index contributed by atoms with van der Waals surface area (Å²) in [7, 11) is 3.17. The van der Waals surface area contributed by atoms with Crippen LogP contribution in [0, 0.1) is 0 Å². The van der Waals surface area contributed by atoms with Gasteiger partial charge in [0.25, 0.3) is 5.91 Å². The van der Waals surface area contributed by atoms with Crippen LogP contribution in [0.4, 0.5) is 0 Å². The molecule has 4 rings (SSSR count). The average Bonchev–Trinajstić information content (AvgIpc) is 2.90. The number of benzene rings is 2. The predicted octanol–water partition coefficient (Wildman–Crippen LogP) is 1.97. The summed E-state index contributed by atoms with van der Waals surface area (Å²) in [4.78, 5) is 17.4. The first kappa shape index (κ1) is 24.0. The predicted molar refractivity (Wildman–Crippen MR) is 130 cm³/mol. The molecule has 10 heteroatoms. The fourth-order valence-corrected chi connectivity index (χ4v) is 3.92. The van der Waals surface area contributed by atoms with Crippen LogP contribution in [0.15, 0.2) is 60.9 Å². The smallest absolute Gasteiger partial charge is 0.279 e. The topological polar surface area (TPSA) is 125 Å². The minimum absolute atomic E-state index is 0.0454. The maximum absolute atomic E-state index is 12.6. The van der Waals surface area contributed by atoms with Crippen molar-refractivity contribution >= 4 is 29.6 Å². The Bertz CT molecular complexity index is 1360. The van der Waals surface area contributed by atoms with Gasteiger partial charge in [-0.2, -0.15) is 0 Å².